The van der Waals surface area contributed by atoms with E-state index >= 15 is 0 Å². The summed E-state index contributed by atoms with van der Waals surface area (Å²) in [6.07, 6.45) is 2.42. The normalized spacial score (nSPS) is 15.8. The number of nitrogens with one attached hydrogen (secondary N) is 2. The second-order valence-electron chi connectivity index (χ2n) is 8.24. The second kappa shape index (κ2) is 12.0. The molecule has 0 spiro atoms. The number of ether oxygens (including phenoxy) is 1. The summed E-state index contributed by atoms with van der Waals surface area (Å²) in [6.45, 7) is 13.9. The molecular formula is C21H35ClN6O2. The Morgan fingerprint density at radius 1 is 1.23 bits per heavy atom. The Balaban J connectivity index is 1.70. The van der Waals surface area contributed by atoms with Crippen LogP contribution < -0.4 is 10.6 Å². The number of halogens is 1. The Hall–Kier alpha value is -2.06. The molecule has 1 aromatic heterocycles. The maximum Gasteiger partial charge on any atom is 0.410 e. The van der Waals surface area contributed by atoms with Gasteiger partial charge in [0, 0.05) is 52.0 Å². The van der Waals surface area contributed by atoms with Crippen molar-refractivity contribution in [1.82, 2.24) is 25.4 Å². The lowest BCUT2D eigenvalue weighted by Crippen LogP contribution is -2.50. The first-order chi connectivity index (χ1) is 14.3. The number of pyridine rings is 1. The minimum Gasteiger partial charge on any atom is -0.444 e. The monoisotopic (exact) mass is 438 g/mol. The molecule has 30 heavy (non-hydrogen) atoms. The summed E-state index contributed by atoms with van der Waals surface area (Å²) in [5.41, 5.74) is 0.675. The fourth-order valence-corrected chi connectivity index (χ4v) is 3.12. The van der Waals surface area contributed by atoms with Gasteiger partial charge in [0.25, 0.3) is 0 Å². The number of nitrogens with zero attached hydrogens (tertiary/aromatic N) is 4. The maximum atomic E-state index is 12.2. The van der Waals surface area contributed by atoms with Crippen molar-refractivity contribution in [3.63, 3.8) is 0 Å². The molecular weight excluding hydrogens is 404 g/mol. The van der Waals surface area contributed by atoms with Crippen LogP contribution in [0.25, 0.3) is 0 Å². The van der Waals surface area contributed by atoms with Crippen molar-refractivity contribution >= 4 is 23.7 Å². The topological polar surface area (TPSA) is 82.1 Å². The number of guanidine groups is 1. The smallest absolute Gasteiger partial charge is 0.410 e. The van der Waals surface area contributed by atoms with Gasteiger partial charge in [0.15, 0.2) is 5.96 Å². The molecule has 9 heteroatoms. The Kier molecular flexibility index (Phi) is 9.65. The second-order valence-corrected chi connectivity index (χ2v) is 8.62. The van der Waals surface area contributed by atoms with Crippen molar-refractivity contribution in [3.05, 3.63) is 29.0 Å². The molecule has 1 fully saturated rings. The van der Waals surface area contributed by atoms with Gasteiger partial charge in [0.05, 0.1) is 6.54 Å². The maximum absolute atomic E-state index is 12.2. The van der Waals surface area contributed by atoms with Gasteiger partial charge in [-0.2, -0.15) is 0 Å². The molecule has 0 atom stereocenters. The summed E-state index contributed by atoms with van der Waals surface area (Å²) in [5, 5.41) is 7.14. The summed E-state index contributed by atoms with van der Waals surface area (Å²) in [6, 6.07) is 3.79. The first-order valence-corrected chi connectivity index (χ1v) is 11.0. The van der Waals surface area contributed by atoms with Crippen LogP contribution in [-0.2, 0) is 11.2 Å². The molecule has 1 aliphatic heterocycles. The molecule has 168 valence electrons. The number of carbonyl (C=O) groups excluding carboxylic acids is 1. The minimum atomic E-state index is -0.456. The van der Waals surface area contributed by atoms with Gasteiger partial charge in [-0.1, -0.05) is 17.7 Å². The quantitative estimate of drug-likeness (QED) is 0.386. The average Bonchev–Trinajstić information content (AvgIpc) is 2.69. The van der Waals surface area contributed by atoms with Crippen LogP contribution in [-0.4, -0.2) is 84.8 Å². The fourth-order valence-electron chi connectivity index (χ4n) is 3.01. The highest BCUT2D eigenvalue weighted by molar-refractivity contribution is 6.29. The van der Waals surface area contributed by atoms with Crippen molar-refractivity contribution in [2.24, 2.45) is 4.99 Å². The minimum absolute atomic E-state index is 0.227. The number of carbonyl (C=O) groups is 1. The lowest BCUT2D eigenvalue weighted by atomic mass is 10.2. The zero-order valence-electron chi connectivity index (χ0n) is 18.6. The summed E-state index contributed by atoms with van der Waals surface area (Å²) >= 11 is 5.82. The molecule has 2 heterocycles. The van der Waals surface area contributed by atoms with Crippen LogP contribution in [0.15, 0.2) is 23.3 Å². The third kappa shape index (κ3) is 9.17. The first kappa shape index (κ1) is 24.2. The van der Waals surface area contributed by atoms with Crippen molar-refractivity contribution < 1.29 is 9.53 Å². The Morgan fingerprint density at radius 3 is 2.57 bits per heavy atom. The van der Waals surface area contributed by atoms with E-state index in [4.69, 9.17) is 16.3 Å². The fraction of sp³-hybridized carbons (Fsp3) is 0.667. The van der Waals surface area contributed by atoms with Gasteiger partial charge in [-0.15, -0.1) is 0 Å². The highest BCUT2D eigenvalue weighted by atomic mass is 35.5. The van der Waals surface area contributed by atoms with Gasteiger partial charge in [-0.05, 0) is 45.7 Å². The molecule has 2 N–H and O–H groups in total. The van der Waals surface area contributed by atoms with E-state index in [1.165, 1.54) is 0 Å². The van der Waals surface area contributed by atoms with Crippen LogP contribution in [0.3, 0.4) is 0 Å². The summed E-state index contributed by atoms with van der Waals surface area (Å²) in [4.78, 5) is 25.0. The first-order valence-electron chi connectivity index (χ1n) is 10.6. The van der Waals surface area contributed by atoms with Crippen LogP contribution in [0, 0.1) is 0 Å². The van der Waals surface area contributed by atoms with Gasteiger partial charge in [-0.3, -0.25) is 9.89 Å². The van der Waals surface area contributed by atoms with E-state index in [-0.39, 0.29) is 6.09 Å². The zero-order chi connectivity index (χ0) is 22.0. The number of piperazine rings is 1. The Bertz CT molecular complexity index is 682. The zero-order valence-corrected chi connectivity index (χ0v) is 19.3. The summed E-state index contributed by atoms with van der Waals surface area (Å²) in [5.74, 6) is 0.812. The number of hydrogen-bond acceptors (Lipinski definition) is 5. The molecule has 0 radical (unpaired) electrons. The Labute approximate surface area is 185 Å². The molecule has 1 saturated heterocycles. The van der Waals surface area contributed by atoms with E-state index < -0.39 is 5.60 Å². The molecule has 0 bridgehead atoms. The van der Waals surface area contributed by atoms with Gasteiger partial charge >= 0.3 is 6.09 Å². The molecule has 2 rings (SSSR count). The molecule has 8 nitrogen and oxygen atoms in total. The predicted molar refractivity (Wildman–Crippen MR) is 121 cm³/mol. The van der Waals surface area contributed by atoms with Crippen LogP contribution in [0.2, 0.25) is 5.15 Å². The molecule has 1 aliphatic rings. The van der Waals surface area contributed by atoms with Crippen molar-refractivity contribution in [3.8, 4) is 0 Å². The Morgan fingerprint density at radius 2 is 1.97 bits per heavy atom. The van der Waals surface area contributed by atoms with Crippen molar-refractivity contribution in [1.29, 1.82) is 0 Å². The van der Waals surface area contributed by atoms with Crippen molar-refractivity contribution in [2.45, 2.75) is 39.7 Å². The standard InChI is InChI=1S/C21H35ClN6O2/c1-5-23-19(24-9-8-17-6-7-18(22)26-16-17)25-10-11-27-12-14-28(15-13-27)20(29)30-21(2,3)4/h6-7,16H,5,8-15H2,1-4H3,(H2,23,24,25). The van der Waals surface area contributed by atoms with Crippen LogP contribution in [0.5, 0.6) is 0 Å². The van der Waals surface area contributed by atoms with Gasteiger partial charge < -0.3 is 20.3 Å². The number of amides is 1. The summed E-state index contributed by atoms with van der Waals surface area (Å²) < 4.78 is 5.45. The molecule has 0 unspecified atom stereocenters. The van der Waals surface area contributed by atoms with E-state index in [1.807, 2.05) is 26.8 Å². The average molecular weight is 439 g/mol. The van der Waals surface area contributed by atoms with Gasteiger partial charge in [0.2, 0.25) is 0 Å². The van der Waals surface area contributed by atoms with Crippen LogP contribution >= 0.6 is 11.6 Å². The molecule has 0 aromatic carbocycles. The number of rotatable bonds is 7. The predicted octanol–water partition coefficient (Wildman–Crippen LogP) is 2.39. The van der Waals surface area contributed by atoms with E-state index in [0.29, 0.717) is 24.8 Å². The van der Waals surface area contributed by atoms with Crippen LogP contribution in [0.1, 0.15) is 33.3 Å². The number of aromatic nitrogens is 1. The van der Waals surface area contributed by atoms with E-state index in [1.54, 1.807) is 17.2 Å². The largest absolute Gasteiger partial charge is 0.444 e. The SMILES string of the molecule is CCNC(=NCCN1CCN(C(=O)OC(C)(C)C)CC1)NCCc1ccc(Cl)nc1. The molecule has 0 saturated carbocycles. The molecule has 1 amide bonds. The van der Waals surface area contributed by atoms with Crippen LogP contribution in [0.4, 0.5) is 4.79 Å². The van der Waals surface area contributed by atoms with E-state index in [0.717, 1.165) is 50.7 Å². The van der Waals surface area contributed by atoms with E-state index in [2.05, 4.69) is 32.4 Å². The lowest BCUT2D eigenvalue weighted by Gasteiger charge is -2.35. The third-order valence-corrected chi connectivity index (χ3v) is 4.77. The highest BCUT2D eigenvalue weighted by Gasteiger charge is 2.25. The molecule has 0 aliphatic carbocycles. The van der Waals surface area contributed by atoms with Gasteiger partial charge in [0.1, 0.15) is 10.8 Å². The van der Waals surface area contributed by atoms with Crippen molar-refractivity contribution in [2.75, 3.05) is 52.4 Å². The number of aliphatic imine (C=N–C) groups is 1. The summed E-state index contributed by atoms with van der Waals surface area (Å²) in [7, 11) is 0. The molecule has 1 aromatic rings. The van der Waals surface area contributed by atoms with E-state index in [9.17, 15) is 4.79 Å². The number of hydrogen-bond donors (Lipinski definition) is 2. The third-order valence-electron chi connectivity index (χ3n) is 4.55. The van der Waals surface area contributed by atoms with Gasteiger partial charge in [-0.25, -0.2) is 9.78 Å². The highest BCUT2D eigenvalue weighted by Crippen LogP contribution is 2.11. The lowest BCUT2D eigenvalue weighted by molar-refractivity contribution is 0.0148.